The van der Waals surface area contributed by atoms with Crippen LogP contribution in [-0.2, 0) is 9.53 Å². The number of carbonyl (C=O) groups is 2. The van der Waals surface area contributed by atoms with Crippen LogP contribution >= 0.6 is 11.8 Å². The Balaban J connectivity index is 1.82. The van der Waals surface area contributed by atoms with Crippen LogP contribution in [0.3, 0.4) is 0 Å². The molecule has 2 amide bonds. The summed E-state index contributed by atoms with van der Waals surface area (Å²) in [5, 5.41) is 12.0. The number of carboxylic acids is 1. The number of aliphatic carboxylic acids is 1. The molecule has 0 radical (unpaired) electrons. The molecule has 118 valence electrons. The minimum absolute atomic E-state index is 0.00226. The van der Waals surface area contributed by atoms with E-state index in [9.17, 15) is 14.7 Å². The third-order valence-corrected chi connectivity index (χ3v) is 4.91. The summed E-state index contributed by atoms with van der Waals surface area (Å²) in [5.41, 5.74) is 0.928. The maximum absolute atomic E-state index is 12.3. The maximum atomic E-state index is 12.3. The monoisotopic (exact) mass is 314 g/mol. The molecule has 0 aromatic rings. The Morgan fingerprint density at radius 3 is 2.76 bits per heavy atom. The second kappa shape index (κ2) is 7.17. The normalized spacial score (nSPS) is 24.9. The molecule has 0 bridgehead atoms. The minimum Gasteiger partial charge on any atom is -0.480 e. The molecule has 2 unspecified atom stereocenters. The highest BCUT2D eigenvalue weighted by Gasteiger charge is 2.47. The molecule has 2 N–H and O–H groups in total. The van der Waals surface area contributed by atoms with Gasteiger partial charge in [0.05, 0.1) is 18.6 Å². The summed E-state index contributed by atoms with van der Waals surface area (Å²) < 4.78 is 5.31. The van der Waals surface area contributed by atoms with Gasteiger partial charge in [-0.15, -0.1) is 11.8 Å². The summed E-state index contributed by atoms with van der Waals surface area (Å²) >= 11 is 1.57. The van der Waals surface area contributed by atoms with Gasteiger partial charge in [0.1, 0.15) is 6.04 Å². The number of urea groups is 1. The number of ether oxygens (including phenoxy) is 1. The van der Waals surface area contributed by atoms with Crippen LogP contribution < -0.4 is 5.32 Å². The standard InChI is InChI=1S/C14H22N2O4S/c1-9(2)7-20-6-5-15-14(19)16-11(13(17)18)8-21-12(16)10-3-4-10/h10-12H,1,3-8H2,2H3,(H,15,19)(H,17,18). The minimum atomic E-state index is -0.931. The number of carboxylic acid groups (broad SMARTS) is 1. The van der Waals surface area contributed by atoms with Gasteiger partial charge in [-0.1, -0.05) is 12.2 Å². The highest BCUT2D eigenvalue weighted by atomic mass is 32.2. The van der Waals surface area contributed by atoms with E-state index in [2.05, 4.69) is 11.9 Å². The summed E-state index contributed by atoms with van der Waals surface area (Å²) in [4.78, 5) is 25.1. The van der Waals surface area contributed by atoms with E-state index in [1.54, 1.807) is 11.8 Å². The van der Waals surface area contributed by atoms with Crippen molar-refractivity contribution < 1.29 is 19.4 Å². The van der Waals surface area contributed by atoms with E-state index in [-0.39, 0.29) is 11.4 Å². The number of nitrogens with zero attached hydrogens (tertiary/aromatic N) is 1. The van der Waals surface area contributed by atoms with Gasteiger partial charge in [-0.05, 0) is 25.7 Å². The molecule has 1 saturated carbocycles. The Morgan fingerprint density at radius 2 is 2.19 bits per heavy atom. The second-order valence-corrected chi connectivity index (χ2v) is 6.71. The number of amides is 2. The van der Waals surface area contributed by atoms with E-state index in [0.717, 1.165) is 18.4 Å². The van der Waals surface area contributed by atoms with Crippen LogP contribution in [0.5, 0.6) is 0 Å². The highest BCUT2D eigenvalue weighted by Crippen LogP contribution is 2.45. The summed E-state index contributed by atoms with van der Waals surface area (Å²) in [5.74, 6) is -0.0140. The predicted octanol–water partition coefficient (Wildman–Crippen LogP) is 1.53. The van der Waals surface area contributed by atoms with Crippen molar-refractivity contribution in [1.29, 1.82) is 0 Å². The van der Waals surface area contributed by atoms with Gasteiger partial charge < -0.3 is 15.2 Å². The van der Waals surface area contributed by atoms with Crippen molar-refractivity contribution in [2.75, 3.05) is 25.5 Å². The van der Waals surface area contributed by atoms with Crippen LogP contribution in [0, 0.1) is 5.92 Å². The molecule has 2 aliphatic rings. The van der Waals surface area contributed by atoms with Crippen LogP contribution in [-0.4, -0.2) is 58.9 Å². The molecule has 1 aliphatic heterocycles. The number of hydrogen-bond acceptors (Lipinski definition) is 4. The van der Waals surface area contributed by atoms with Crippen LogP contribution in [0.1, 0.15) is 19.8 Å². The number of rotatable bonds is 7. The summed E-state index contributed by atoms with van der Waals surface area (Å²) in [7, 11) is 0. The molecule has 2 rings (SSSR count). The molecule has 6 nitrogen and oxygen atoms in total. The molecule has 1 aliphatic carbocycles. The summed E-state index contributed by atoms with van der Waals surface area (Å²) in [6.45, 7) is 6.84. The lowest BCUT2D eigenvalue weighted by Gasteiger charge is -2.27. The van der Waals surface area contributed by atoms with Crippen LogP contribution in [0.2, 0.25) is 0 Å². The van der Waals surface area contributed by atoms with Gasteiger partial charge in [0.2, 0.25) is 0 Å². The zero-order valence-electron chi connectivity index (χ0n) is 12.2. The first-order valence-corrected chi connectivity index (χ1v) is 8.18. The lowest BCUT2D eigenvalue weighted by atomic mass is 10.2. The zero-order chi connectivity index (χ0) is 15.4. The first-order chi connectivity index (χ1) is 10.0. The quantitative estimate of drug-likeness (QED) is 0.550. The molecule has 1 saturated heterocycles. The van der Waals surface area contributed by atoms with Gasteiger partial charge in [-0.3, -0.25) is 4.90 Å². The Hall–Kier alpha value is -1.21. The van der Waals surface area contributed by atoms with E-state index < -0.39 is 12.0 Å². The average molecular weight is 314 g/mol. The van der Waals surface area contributed by atoms with Gasteiger partial charge in [0, 0.05) is 12.3 Å². The van der Waals surface area contributed by atoms with E-state index in [1.165, 1.54) is 4.90 Å². The average Bonchev–Trinajstić information content (AvgIpc) is 3.15. The SMILES string of the molecule is C=C(C)COCCNC(=O)N1C(C(=O)O)CSC1C1CC1. The first kappa shape index (κ1) is 16.2. The molecule has 0 aromatic carbocycles. The van der Waals surface area contributed by atoms with Gasteiger partial charge in [-0.2, -0.15) is 0 Å². The lowest BCUT2D eigenvalue weighted by Crippen LogP contribution is -2.51. The fraction of sp³-hybridized carbons (Fsp3) is 0.714. The van der Waals surface area contributed by atoms with Crippen molar-refractivity contribution >= 4 is 23.8 Å². The Bertz CT molecular complexity index is 425. The molecular formula is C14H22N2O4S. The van der Waals surface area contributed by atoms with Crippen molar-refractivity contribution in [2.24, 2.45) is 5.92 Å². The Morgan fingerprint density at radius 1 is 1.48 bits per heavy atom. The van der Waals surface area contributed by atoms with Crippen molar-refractivity contribution in [3.63, 3.8) is 0 Å². The van der Waals surface area contributed by atoms with Crippen molar-refractivity contribution in [1.82, 2.24) is 10.2 Å². The van der Waals surface area contributed by atoms with Crippen LogP contribution in [0.15, 0.2) is 12.2 Å². The summed E-state index contributed by atoms with van der Waals surface area (Å²) in [6.07, 6.45) is 2.16. The smallest absolute Gasteiger partial charge is 0.327 e. The number of nitrogens with one attached hydrogen (secondary N) is 1. The van der Waals surface area contributed by atoms with Crippen LogP contribution in [0.4, 0.5) is 4.79 Å². The van der Waals surface area contributed by atoms with Crippen LogP contribution in [0.25, 0.3) is 0 Å². The topological polar surface area (TPSA) is 78.9 Å². The Kier molecular flexibility index (Phi) is 5.52. The molecule has 2 fully saturated rings. The lowest BCUT2D eigenvalue weighted by molar-refractivity contribution is -0.141. The fourth-order valence-electron chi connectivity index (χ4n) is 2.29. The van der Waals surface area contributed by atoms with Gasteiger partial charge in [-0.25, -0.2) is 9.59 Å². The fourth-order valence-corrected chi connectivity index (χ4v) is 3.92. The molecule has 2 atom stereocenters. The third kappa shape index (κ3) is 4.38. The van der Waals surface area contributed by atoms with E-state index >= 15 is 0 Å². The van der Waals surface area contributed by atoms with E-state index in [0.29, 0.717) is 31.4 Å². The van der Waals surface area contributed by atoms with E-state index in [1.807, 2.05) is 6.92 Å². The van der Waals surface area contributed by atoms with Gasteiger partial charge in [0.15, 0.2) is 0 Å². The molecule has 1 heterocycles. The van der Waals surface area contributed by atoms with Crippen molar-refractivity contribution in [3.8, 4) is 0 Å². The van der Waals surface area contributed by atoms with E-state index in [4.69, 9.17) is 4.74 Å². The predicted molar refractivity (Wildman–Crippen MR) is 81.3 cm³/mol. The van der Waals surface area contributed by atoms with Crippen molar-refractivity contribution in [3.05, 3.63) is 12.2 Å². The second-order valence-electron chi connectivity index (χ2n) is 5.56. The van der Waals surface area contributed by atoms with Gasteiger partial charge in [0.25, 0.3) is 0 Å². The molecule has 0 aromatic heterocycles. The first-order valence-electron chi connectivity index (χ1n) is 7.13. The largest absolute Gasteiger partial charge is 0.480 e. The zero-order valence-corrected chi connectivity index (χ0v) is 13.0. The third-order valence-electron chi connectivity index (χ3n) is 3.45. The highest BCUT2D eigenvalue weighted by molar-refractivity contribution is 8.00. The van der Waals surface area contributed by atoms with Crippen molar-refractivity contribution in [2.45, 2.75) is 31.2 Å². The maximum Gasteiger partial charge on any atom is 0.327 e. The summed E-state index contributed by atoms with van der Waals surface area (Å²) in [6, 6.07) is -1.03. The number of carbonyl (C=O) groups excluding carboxylic acids is 1. The molecule has 0 spiro atoms. The van der Waals surface area contributed by atoms with Gasteiger partial charge >= 0.3 is 12.0 Å². The number of thioether (sulfide) groups is 1. The molecule has 21 heavy (non-hydrogen) atoms. The Labute approximate surface area is 128 Å². The molecular weight excluding hydrogens is 292 g/mol. The molecule has 7 heteroatoms. The number of hydrogen-bond donors (Lipinski definition) is 2.